The molecule has 2 atom stereocenters. The van der Waals surface area contributed by atoms with Crippen LogP contribution >= 0.6 is 11.6 Å². The Bertz CT molecular complexity index is 156. The van der Waals surface area contributed by atoms with Crippen molar-refractivity contribution in [2.45, 2.75) is 38.2 Å². The summed E-state index contributed by atoms with van der Waals surface area (Å²) in [6, 6.07) is 0. The quantitative estimate of drug-likeness (QED) is 0.534. The van der Waals surface area contributed by atoms with E-state index in [0.717, 1.165) is 12.8 Å². The maximum Gasteiger partial charge on any atom is 0.0681 e. The minimum Gasteiger partial charge on any atom is -0.392 e. The first-order valence-electron chi connectivity index (χ1n) is 4.65. The Balaban J connectivity index is 2.34. The van der Waals surface area contributed by atoms with E-state index in [1.807, 2.05) is 0 Å². The molecular weight excluding hydrogens is 172 g/mol. The number of halogens is 1. The smallest absolute Gasteiger partial charge is 0.0681 e. The molecule has 1 aliphatic carbocycles. The lowest BCUT2D eigenvalue weighted by Gasteiger charge is -2.25. The predicted molar refractivity (Wildman–Crippen MR) is 52.4 cm³/mol. The molecule has 12 heavy (non-hydrogen) atoms. The molecule has 2 heteroatoms. The molecule has 0 heterocycles. The van der Waals surface area contributed by atoms with E-state index in [2.05, 4.69) is 6.58 Å². The van der Waals surface area contributed by atoms with Gasteiger partial charge in [-0.15, -0.1) is 11.6 Å². The van der Waals surface area contributed by atoms with Crippen LogP contribution in [0.1, 0.15) is 32.1 Å². The van der Waals surface area contributed by atoms with Gasteiger partial charge in [0.2, 0.25) is 0 Å². The van der Waals surface area contributed by atoms with Gasteiger partial charge in [-0.3, -0.25) is 0 Å². The normalized spacial score (nSPS) is 27.2. The Morgan fingerprint density at radius 2 is 2.33 bits per heavy atom. The zero-order valence-corrected chi connectivity index (χ0v) is 8.19. The molecule has 70 valence electrons. The van der Waals surface area contributed by atoms with Crippen LogP contribution in [0, 0.1) is 5.92 Å². The summed E-state index contributed by atoms with van der Waals surface area (Å²) in [4.78, 5) is 0. The van der Waals surface area contributed by atoms with Gasteiger partial charge in [0.15, 0.2) is 0 Å². The van der Waals surface area contributed by atoms with E-state index in [0.29, 0.717) is 11.8 Å². The molecule has 1 saturated carbocycles. The molecule has 1 N–H and O–H groups in total. The fourth-order valence-corrected chi connectivity index (χ4v) is 1.95. The monoisotopic (exact) mass is 188 g/mol. The molecule has 0 saturated heterocycles. The maximum absolute atomic E-state index is 9.35. The van der Waals surface area contributed by atoms with Gasteiger partial charge in [-0.05, 0) is 31.6 Å². The third-order valence-corrected chi connectivity index (χ3v) is 2.97. The van der Waals surface area contributed by atoms with E-state index in [-0.39, 0.29) is 6.10 Å². The van der Waals surface area contributed by atoms with Crippen LogP contribution in [0.15, 0.2) is 12.2 Å². The SMILES string of the molecule is C=C1CCCCC1CC(O)CCl. The summed E-state index contributed by atoms with van der Waals surface area (Å²) in [6.45, 7) is 4.03. The van der Waals surface area contributed by atoms with Gasteiger partial charge in [-0.1, -0.05) is 18.6 Å². The van der Waals surface area contributed by atoms with E-state index in [4.69, 9.17) is 11.6 Å². The van der Waals surface area contributed by atoms with Gasteiger partial charge in [0.25, 0.3) is 0 Å². The Labute approximate surface area is 79.4 Å². The number of hydrogen-bond donors (Lipinski definition) is 1. The molecule has 0 amide bonds. The first kappa shape index (κ1) is 10.1. The highest BCUT2D eigenvalue weighted by Crippen LogP contribution is 2.31. The van der Waals surface area contributed by atoms with Crippen molar-refractivity contribution in [2.75, 3.05) is 5.88 Å². The molecule has 0 aromatic rings. The van der Waals surface area contributed by atoms with Crippen LogP contribution < -0.4 is 0 Å². The van der Waals surface area contributed by atoms with E-state index in [1.165, 1.54) is 24.8 Å². The molecule has 0 aliphatic heterocycles. The fourth-order valence-electron chi connectivity index (χ4n) is 1.83. The standard InChI is InChI=1S/C10H17ClO/c1-8-4-2-3-5-9(8)6-10(12)7-11/h9-10,12H,1-7H2. The molecule has 1 nitrogen and oxygen atoms in total. The van der Waals surface area contributed by atoms with Crippen molar-refractivity contribution in [1.82, 2.24) is 0 Å². The lowest BCUT2D eigenvalue weighted by Crippen LogP contribution is -2.18. The summed E-state index contributed by atoms with van der Waals surface area (Å²) >= 11 is 5.54. The van der Waals surface area contributed by atoms with Crippen molar-refractivity contribution < 1.29 is 5.11 Å². The average Bonchev–Trinajstić information content (AvgIpc) is 2.09. The summed E-state index contributed by atoms with van der Waals surface area (Å²) < 4.78 is 0. The van der Waals surface area contributed by atoms with E-state index < -0.39 is 0 Å². The van der Waals surface area contributed by atoms with Crippen molar-refractivity contribution in [1.29, 1.82) is 0 Å². The second kappa shape index (κ2) is 4.88. The first-order valence-corrected chi connectivity index (χ1v) is 5.19. The Morgan fingerprint density at radius 3 is 2.92 bits per heavy atom. The van der Waals surface area contributed by atoms with Gasteiger partial charge < -0.3 is 5.11 Å². The molecular formula is C10H17ClO. The molecule has 0 aromatic heterocycles. The minimum atomic E-state index is -0.341. The molecule has 0 bridgehead atoms. The second-order valence-corrected chi connectivity index (χ2v) is 3.95. The summed E-state index contributed by atoms with van der Waals surface area (Å²) in [7, 11) is 0. The molecule has 0 radical (unpaired) electrons. The highest BCUT2D eigenvalue weighted by molar-refractivity contribution is 6.18. The molecule has 1 rings (SSSR count). The number of rotatable bonds is 3. The summed E-state index contributed by atoms with van der Waals surface area (Å²) in [5.41, 5.74) is 1.31. The second-order valence-electron chi connectivity index (χ2n) is 3.64. The summed E-state index contributed by atoms with van der Waals surface area (Å²) in [5.74, 6) is 0.872. The van der Waals surface area contributed by atoms with Crippen LogP contribution in [0.5, 0.6) is 0 Å². The Morgan fingerprint density at radius 1 is 1.58 bits per heavy atom. The van der Waals surface area contributed by atoms with Crippen LogP contribution in [-0.2, 0) is 0 Å². The van der Waals surface area contributed by atoms with Crippen molar-refractivity contribution in [3.63, 3.8) is 0 Å². The van der Waals surface area contributed by atoms with Gasteiger partial charge in [-0.25, -0.2) is 0 Å². The minimum absolute atomic E-state index is 0.341. The lowest BCUT2D eigenvalue weighted by molar-refractivity contribution is 0.164. The molecule has 1 aliphatic rings. The predicted octanol–water partition coefficient (Wildman–Crippen LogP) is 2.72. The number of aliphatic hydroxyl groups is 1. The highest BCUT2D eigenvalue weighted by atomic mass is 35.5. The van der Waals surface area contributed by atoms with Crippen LogP contribution in [0.3, 0.4) is 0 Å². The van der Waals surface area contributed by atoms with Crippen molar-refractivity contribution in [3.05, 3.63) is 12.2 Å². The van der Waals surface area contributed by atoms with Gasteiger partial charge in [0.05, 0.1) is 6.10 Å². The van der Waals surface area contributed by atoms with Crippen LogP contribution in [0.2, 0.25) is 0 Å². The first-order chi connectivity index (χ1) is 5.74. The van der Waals surface area contributed by atoms with Crippen LogP contribution in [0.4, 0.5) is 0 Å². The third kappa shape index (κ3) is 2.80. The third-order valence-electron chi connectivity index (χ3n) is 2.61. The Kier molecular flexibility index (Phi) is 4.10. The topological polar surface area (TPSA) is 20.2 Å². The van der Waals surface area contributed by atoms with Crippen LogP contribution in [-0.4, -0.2) is 17.1 Å². The van der Waals surface area contributed by atoms with Gasteiger partial charge in [0.1, 0.15) is 0 Å². The zero-order valence-electron chi connectivity index (χ0n) is 7.43. The van der Waals surface area contributed by atoms with Gasteiger partial charge >= 0.3 is 0 Å². The fraction of sp³-hybridized carbons (Fsp3) is 0.800. The molecule has 0 spiro atoms. The van der Waals surface area contributed by atoms with Crippen LogP contribution in [0.25, 0.3) is 0 Å². The van der Waals surface area contributed by atoms with Crippen molar-refractivity contribution in [3.8, 4) is 0 Å². The van der Waals surface area contributed by atoms with Crippen molar-refractivity contribution >= 4 is 11.6 Å². The van der Waals surface area contributed by atoms with Gasteiger partial charge in [0, 0.05) is 5.88 Å². The molecule has 1 fully saturated rings. The number of hydrogen-bond acceptors (Lipinski definition) is 1. The van der Waals surface area contributed by atoms with E-state index in [1.54, 1.807) is 0 Å². The highest BCUT2D eigenvalue weighted by Gasteiger charge is 2.19. The maximum atomic E-state index is 9.35. The average molecular weight is 189 g/mol. The number of alkyl halides is 1. The molecule has 2 unspecified atom stereocenters. The zero-order chi connectivity index (χ0) is 8.97. The van der Waals surface area contributed by atoms with E-state index in [9.17, 15) is 5.11 Å². The summed E-state index contributed by atoms with van der Waals surface area (Å²) in [6.07, 6.45) is 5.34. The molecule has 0 aromatic carbocycles. The van der Waals surface area contributed by atoms with Crippen molar-refractivity contribution in [2.24, 2.45) is 5.92 Å². The number of allylic oxidation sites excluding steroid dienone is 1. The van der Waals surface area contributed by atoms with Gasteiger partial charge in [-0.2, -0.15) is 0 Å². The van der Waals surface area contributed by atoms with E-state index >= 15 is 0 Å². The summed E-state index contributed by atoms with van der Waals surface area (Å²) in [5, 5.41) is 9.35. The Hall–Kier alpha value is -0.0100. The largest absolute Gasteiger partial charge is 0.392 e. The number of aliphatic hydroxyl groups excluding tert-OH is 1. The lowest BCUT2D eigenvalue weighted by atomic mass is 9.82.